The molecule has 1 unspecified atom stereocenters. The van der Waals surface area contributed by atoms with Crippen LogP contribution >= 0.6 is 28.3 Å². The first-order chi connectivity index (χ1) is 11.1. The maximum atomic E-state index is 12.6. The molecule has 1 amide bonds. The number of nitrogens with two attached hydrogens (primary N) is 1. The second-order valence-corrected chi connectivity index (χ2v) is 6.61. The molecule has 0 aromatic heterocycles. The molecule has 5 nitrogen and oxygen atoms in total. The van der Waals surface area contributed by atoms with Gasteiger partial charge in [0.2, 0.25) is 5.91 Å². The smallest absolute Gasteiger partial charge is 0.239 e. The van der Waals surface area contributed by atoms with Crippen molar-refractivity contribution in [1.82, 2.24) is 4.90 Å². The van der Waals surface area contributed by atoms with Crippen molar-refractivity contribution in [1.29, 1.82) is 0 Å². The first-order valence-electron chi connectivity index (χ1n) is 8.12. The van der Waals surface area contributed by atoms with Gasteiger partial charge in [-0.15, -0.1) is 12.4 Å². The lowest BCUT2D eigenvalue weighted by Gasteiger charge is -2.31. The van der Waals surface area contributed by atoms with Gasteiger partial charge in [0.15, 0.2) is 0 Å². The minimum Gasteiger partial charge on any atom is -0.492 e. The van der Waals surface area contributed by atoms with Crippen LogP contribution in [0.15, 0.2) is 28.7 Å². The first kappa shape index (κ1) is 21.2. The first-order valence-corrected chi connectivity index (χ1v) is 8.91. The van der Waals surface area contributed by atoms with E-state index in [-0.39, 0.29) is 24.2 Å². The second kappa shape index (κ2) is 10.9. The average Bonchev–Trinajstić information content (AvgIpc) is 2.60. The number of rotatable bonds is 7. The standard InChI is InChI=1S/C17H25BrN2O3.ClH/c1-2-20(9-12-23-15-5-3-14(18)4-6-15)17(21)16(19)13-7-10-22-11-8-13;/h3-6,13,16H,2,7-12,19H2,1H3;1H. The molecule has 1 aromatic rings. The summed E-state index contributed by atoms with van der Waals surface area (Å²) >= 11 is 3.39. The normalized spacial score (nSPS) is 16.1. The van der Waals surface area contributed by atoms with Crippen molar-refractivity contribution in [3.8, 4) is 5.75 Å². The maximum Gasteiger partial charge on any atom is 0.239 e. The summed E-state index contributed by atoms with van der Waals surface area (Å²) in [5.41, 5.74) is 6.18. The predicted octanol–water partition coefficient (Wildman–Crippen LogP) is 2.85. The van der Waals surface area contributed by atoms with E-state index in [4.69, 9.17) is 15.2 Å². The quantitative estimate of drug-likeness (QED) is 0.735. The number of ether oxygens (including phenoxy) is 2. The van der Waals surface area contributed by atoms with Gasteiger partial charge in [-0.2, -0.15) is 0 Å². The Morgan fingerprint density at radius 2 is 2.00 bits per heavy atom. The number of amides is 1. The van der Waals surface area contributed by atoms with Crippen LogP contribution in [0.4, 0.5) is 0 Å². The lowest BCUT2D eigenvalue weighted by Crippen LogP contribution is -2.49. The van der Waals surface area contributed by atoms with Gasteiger partial charge in [0, 0.05) is 24.2 Å². The fourth-order valence-electron chi connectivity index (χ4n) is 2.72. The molecule has 1 heterocycles. The molecule has 1 saturated heterocycles. The number of carbonyl (C=O) groups is 1. The van der Waals surface area contributed by atoms with E-state index in [0.717, 1.165) is 23.1 Å². The van der Waals surface area contributed by atoms with Gasteiger partial charge >= 0.3 is 0 Å². The molecular weight excluding hydrogens is 396 g/mol. The molecular formula is C17H26BrClN2O3. The van der Waals surface area contributed by atoms with Crippen molar-refractivity contribution in [3.05, 3.63) is 28.7 Å². The summed E-state index contributed by atoms with van der Waals surface area (Å²) in [5.74, 6) is 1.03. The Bertz CT molecular complexity index is 495. The van der Waals surface area contributed by atoms with Gasteiger partial charge in [-0.25, -0.2) is 0 Å². The third kappa shape index (κ3) is 6.24. The highest BCUT2D eigenvalue weighted by Crippen LogP contribution is 2.19. The fraction of sp³-hybridized carbons (Fsp3) is 0.588. The predicted molar refractivity (Wildman–Crippen MR) is 101 cm³/mol. The number of hydrogen-bond donors (Lipinski definition) is 1. The molecule has 0 bridgehead atoms. The van der Waals surface area contributed by atoms with Crippen LogP contribution in [-0.4, -0.2) is 49.8 Å². The van der Waals surface area contributed by atoms with Crippen molar-refractivity contribution in [3.63, 3.8) is 0 Å². The monoisotopic (exact) mass is 420 g/mol. The van der Waals surface area contributed by atoms with Crippen LogP contribution in [0.1, 0.15) is 19.8 Å². The number of hydrogen-bond acceptors (Lipinski definition) is 4. The van der Waals surface area contributed by atoms with E-state index in [9.17, 15) is 4.79 Å². The lowest BCUT2D eigenvalue weighted by molar-refractivity contribution is -0.134. The molecule has 0 saturated carbocycles. The summed E-state index contributed by atoms with van der Waals surface area (Å²) in [4.78, 5) is 14.3. The Morgan fingerprint density at radius 1 is 1.38 bits per heavy atom. The Balaban J connectivity index is 0.00000288. The highest BCUT2D eigenvalue weighted by molar-refractivity contribution is 9.10. The molecule has 2 rings (SSSR count). The topological polar surface area (TPSA) is 64.8 Å². The largest absolute Gasteiger partial charge is 0.492 e. The minimum atomic E-state index is -0.438. The van der Waals surface area contributed by atoms with Crippen molar-refractivity contribution in [2.45, 2.75) is 25.8 Å². The molecule has 0 aliphatic carbocycles. The number of halogens is 2. The van der Waals surface area contributed by atoms with Gasteiger partial charge in [0.25, 0.3) is 0 Å². The highest BCUT2D eigenvalue weighted by Gasteiger charge is 2.29. The molecule has 1 aromatic carbocycles. The van der Waals surface area contributed by atoms with Gasteiger partial charge < -0.3 is 20.1 Å². The van der Waals surface area contributed by atoms with Crippen molar-refractivity contribution >= 4 is 34.2 Å². The van der Waals surface area contributed by atoms with E-state index < -0.39 is 6.04 Å². The van der Waals surface area contributed by atoms with E-state index in [1.165, 1.54) is 0 Å². The zero-order valence-corrected chi connectivity index (χ0v) is 16.4. The second-order valence-electron chi connectivity index (χ2n) is 5.70. The number of carbonyl (C=O) groups excluding carboxylic acids is 1. The molecule has 7 heteroatoms. The SMILES string of the molecule is CCN(CCOc1ccc(Br)cc1)C(=O)C(N)C1CCOCC1.Cl. The number of nitrogens with zero attached hydrogens (tertiary/aromatic N) is 1. The summed E-state index contributed by atoms with van der Waals surface area (Å²) in [6.07, 6.45) is 1.72. The number of benzene rings is 1. The molecule has 2 N–H and O–H groups in total. The van der Waals surface area contributed by atoms with Gasteiger partial charge in [-0.05, 0) is 49.9 Å². The van der Waals surface area contributed by atoms with Crippen LogP contribution < -0.4 is 10.5 Å². The molecule has 1 aliphatic rings. The average molecular weight is 422 g/mol. The van der Waals surface area contributed by atoms with E-state index in [2.05, 4.69) is 15.9 Å². The van der Waals surface area contributed by atoms with E-state index in [1.54, 1.807) is 4.90 Å². The summed E-state index contributed by atoms with van der Waals surface area (Å²) in [5, 5.41) is 0. The van der Waals surface area contributed by atoms with Crippen LogP contribution in [-0.2, 0) is 9.53 Å². The molecule has 0 radical (unpaired) electrons. The molecule has 136 valence electrons. The van der Waals surface area contributed by atoms with Crippen molar-refractivity contribution in [2.24, 2.45) is 11.7 Å². The van der Waals surface area contributed by atoms with E-state index in [1.807, 2.05) is 31.2 Å². The molecule has 1 aliphatic heterocycles. The van der Waals surface area contributed by atoms with Gasteiger partial charge in [-0.1, -0.05) is 15.9 Å². The highest BCUT2D eigenvalue weighted by atomic mass is 79.9. The van der Waals surface area contributed by atoms with Gasteiger partial charge in [0.05, 0.1) is 12.6 Å². The van der Waals surface area contributed by atoms with Crippen LogP contribution in [0.2, 0.25) is 0 Å². The van der Waals surface area contributed by atoms with E-state index >= 15 is 0 Å². The van der Waals surface area contributed by atoms with Crippen molar-refractivity contribution in [2.75, 3.05) is 32.9 Å². The Labute approximate surface area is 158 Å². The Kier molecular flexibility index (Phi) is 9.66. The zero-order valence-electron chi connectivity index (χ0n) is 13.9. The van der Waals surface area contributed by atoms with Gasteiger partial charge in [0.1, 0.15) is 12.4 Å². The molecule has 1 atom stereocenters. The van der Waals surface area contributed by atoms with E-state index in [0.29, 0.717) is 32.9 Å². The Morgan fingerprint density at radius 3 is 2.58 bits per heavy atom. The van der Waals surface area contributed by atoms with Crippen molar-refractivity contribution < 1.29 is 14.3 Å². The summed E-state index contributed by atoms with van der Waals surface area (Å²) in [6, 6.07) is 7.22. The zero-order chi connectivity index (χ0) is 16.7. The molecule has 0 spiro atoms. The molecule has 1 fully saturated rings. The maximum absolute atomic E-state index is 12.6. The van der Waals surface area contributed by atoms with Crippen LogP contribution in [0, 0.1) is 5.92 Å². The van der Waals surface area contributed by atoms with Crippen LogP contribution in [0.5, 0.6) is 5.75 Å². The van der Waals surface area contributed by atoms with Crippen LogP contribution in [0.3, 0.4) is 0 Å². The molecule has 24 heavy (non-hydrogen) atoms. The minimum absolute atomic E-state index is 0. The third-order valence-electron chi connectivity index (χ3n) is 4.20. The fourth-order valence-corrected chi connectivity index (χ4v) is 2.98. The van der Waals surface area contributed by atoms with Crippen LogP contribution in [0.25, 0.3) is 0 Å². The van der Waals surface area contributed by atoms with Gasteiger partial charge in [-0.3, -0.25) is 4.79 Å². The number of likely N-dealkylation sites (N-methyl/N-ethyl adjacent to an activating group) is 1. The summed E-state index contributed by atoms with van der Waals surface area (Å²) in [6.45, 7) is 5.01. The Hall–Kier alpha value is -0.820. The summed E-state index contributed by atoms with van der Waals surface area (Å²) in [7, 11) is 0. The lowest BCUT2D eigenvalue weighted by atomic mass is 9.91. The third-order valence-corrected chi connectivity index (χ3v) is 4.72. The summed E-state index contributed by atoms with van der Waals surface area (Å²) < 4.78 is 12.0.